The molecule has 0 N–H and O–H groups in total. The molecule has 0 aliphatic carbocycles. The van der Waals surface area contributed by atoms with Crippen molar-refractivity contribution in [2.75, 3.05) is 33.3 Å². The Labute approximate surface area is 204 Å². The molecule has 2 aliphatic heterocycles. The van der Waals surface area contributed by atoms with E-state index in [9.17, 15) is 12.8 Å². The van der Waals surface area contributed by atoms with Crippen molar-refractivity contribution in [2.24, 2.45) is 4.99 Å². The summed E-state index contributed by atoms with van der Waals surface area (Å²) >= 11 is 0. The lowest BCUT2D eigenvalue weighted by Crippen LogP contribution is -2.37. The molecule has 9 heteroatoms. The molecule has 35 heavy (non-hydrogen) atoms. The van der Waals surface area contributed by atoms with Gasteiger partial charge in [-0.25, -0.2) is 17.8 Å². The normalized spacial score (nSPS) is 16.3. The molecule has 7 nitrogen and oxygen atoms in total. The summed E-state index contributed by atoms with van der Waals surface area (Å²) in [6, 6.07) is 17.2. The fourth-order valence-electron chi connectivity index (χ4n) is 4.30. The van der Waals surface area contributed by atoms with E-state index in [2.05, 4.69) is 4.90 Å². The molecule has 2 aliphatic rings. The van der Waals surface area contributed by atoms with Gasteiger partial charge in [-0.05, 0) is 55.3 Å². The third-order valence-corrected chi connectivity index (χ3v) is 8.17. The Hall–Kier alpha value is -3.43. The minimum Gasteiger partial charge on any atom is -0.497 e. The lowest BCUT2D eigenvalue weighted by atomic mass is 10.1. The number of rotatable bonds is 3. The first kappa shape index (κ1) is 23.3. The van der Waals surface area contributed by atoms with Gasteiger partial charge in [0, 0.05) is 32.2 Å². The van der Waals surface area contributed by atoms with E-state index >= 15 is 0 Å². The molecule has 1 fully saturated rings. The number of sulfonamides is 1. The Balaban J connectivity index is 1.47. The maximum absolute atomic E-state index is 14.1. The van der Waals surface area contributed by atoms with Crippen LogP contribution in [0, 0.1) is 12.7 Å². The number of hydrogen-bond donors (Lipinski definition) is 0. The minimum absolute atomic E-state index is 0.0272. The topological polar surface area (TPSA) is 71.4 Å². The second-order valence-electron chi connectivity index (χ2n) is 8.52. The van der Waals surface area contributed by atoms with Gasteiger partial charge in [-0.3, -0.25) is 0 Å². The number of nitrogens with zero attached hydrogens (tertiary/aromatic N) is 3. The van der Waals surface area contributed by atoms with Crippen LogP contribution in [0.5, 0.6) is 17.2 Å². The van der Waals surface area contributed by atoms with Crippen LogP contribution in [0.3, 0.4) is 0 Å². The van der Waals surface area contributed by atoms with Crippen molar-refractivity contribution in [3.63, 3.8) is 0 Å². The molecule has 0 atom stereocenters. The Morgan fingerprint density at radius 2 is 1.80 bits per heavy atom. The summed E-state index contributed by atoms with van der Waals surface area (Å²) in [5.41, 5.74) is 1.91. The summed E-state index contributed by atoms with van der Waals surface area (Å²) in [5.74, 6) is 2.12. The summed E-state index contributed by atoms with van der Waals surface area (Å²) in [6.45, 7) is 3.24. The zero-order valence-corrected chi connectivity index (χ0v) is 20.4. The number of ether oxygens (including phenoxy) is 2. The standard InChI is InChI=1S/C26H26FN3O4S/c1-18-8-10-20(17-22(18)27)35(31,32)30-13-5-12-29(14-15-30)26-21-11-9-19(33-2)16-25(21)34-24-7-4-3-6-23(24)28-26/h3-4,6-11,16-17H,5,12-15H2,1-2H3. The SMILES string of the molecule is COc1ccc2c(c1)Oc1ccccc1N=C2N1CCCN(S(=O)(=O)c2ccc(C)c(F)c2)CC1. The number of fused-ring (bicyclic) bond motifs is 2. The Bertz CT molecular complexity index is 1410. The fourth-order valence-corrected chi connectivity index (χ4v) is 5.78. The highest BCUT2D eigenvalue weighted by Gasteiger charge is 2.30. The first-order chi connectivity index (χ1) is 16.9. The zero-order chi connectivity index (χ0) is 24.6. The molecule has 0 radical (unpaired) electrons. The van der Waals surface area contributed by atoms with Crippen molar-refractivity contribution in [2.45, 2.75) is 18.2 Å². The van der Waals surface area contributed by atoms with Crippen LogP contribution in [-0.4, -0.2) is 56.7 Å². The lowest BCUT2D eigenvalue weighted by molar-refractivity contribution is 0.404. The summed E-state index contributed by atoms with van der Waals surface area (Å²) in [6.07, 6.45) is 0.598. The molecule has 5 rings (SSSR count). The van der Waals surface area contributed by atoms with Gasteiger partial charge in [0.2, 0.25) is 10.0 Å². The Morgan fingerprint density at radius 3 is 2.60 bits per heavy atom. The Morgan fingerprint density at radius 1 is 0.971 bits per heavy atom. The van der Waals surface area contributed by atoms with Crippen molar-refractivity contribution in [3.8, 4) is 17.2 Å². The fraction of sp³-hybridized carbons (Fsp3) is 0.269. The van der Waals surface area contributed by atoms with Crippen molar-refractivity contribution < 1.29 is 22.3 Å². The molecular formula is C26H26FN3O4S. The first-order valence-corrected chi connectivity index (χ1v) is 12.9. The zero-order valence-electron chi connectivity index (χ0n) is 19.6. The molecule has 0 saturated carbocycles. The molecular weight excluding hydrogens is 469 g/mol. The molecule has 2 heterocycles. The maximum Gasteiger partial charge on any atom is 0.243 e. The number of hydrogen-bond acceptors (Lipinski definition) is 6. The monoisotopic (exact) mass is 495 g/mol. The summed E-state index contributed by atoms with van der Waals surface area (Å²) in [7, 11) is -2.22. The molecule has 0 unspecified atom stereocenters. The van der Waals surface area contributed by atoms with Crippen molar-refractivity contribution in [1.29, 1.82) is 0 Å². The largest absolute Gasteiger partial charge is 0.497 e. The summed E-state index contributed by atoms with van der Waals surface area (Å²) < 4.78 is 53.6. The molecule has 0 spiro atoms. The smallest absolute Gasteiger partial charge is 0.243 e. The second kappa shape index (κ2) is 9.31. The number of aliphatic imine (C=N–C) groups is 1. The maximum atomic E-state index is 14.1. The van der Waals surface area contributed by atoms with Gasteiger partial charge >= 0.3 is 0 Å². The van der Waals surface area contributed by atoms with E-state index in [1.165, 1.54) is 16.4 Å². The molecule has 3 aromatic rings. The van der Waals surface area contributed by atoms with Crippen LogP contribution >= 0.6 is 0 Å². The molecule has 0 bridgehead atoms. The van der Waals surface area contributed by atoms with Crippen LogP contribution < -0.4 is 9.47 Å². The van der Waals surface area contributed by atoms with E-state index in [1.807, 2.05) is 42.5 Å². The molecule has 3 aromatic carbocycles. The van der Waals surface area contributed by atoms with Crippen LogP contribution in [0.4, 0.5) is 10.1 Å². The van der Waals surface area contributed by atoms with Crippen LogP contribution in [0.15, 0.2) is 70.6 Å². The van der Waals surface area contributed by atoms with Crippen LogP contribution in [0.2, 0.25) is 0 Å². The van der Waals surface area contributed by atoms with Gasteiger partial charge in [0.15, 0.2) is 5.75 Å². The number of methoxy groups -OCH3 is 1. The van der Waals surface area contributed by atoms with Gasteiger partial charge < -0.3 is 14.4 Å². The average Bonchev–Trinajstić information content (AvgIpc) is 3.20. The van der Waals surface area contributed by atoms with E-state index in [-0.39, 0.29) is 11.4 Å². The third kappa shape index (κ3) is 4.49. The van der Waals surface area contributed by atoms with Gasteiger partial charge in [-0.1, -0.05) is 18.2 Å². The number of halogens is 1. The highest BCUT2D eigenvalue weighted by Crippen LogP contribution is 2.39. The van der Waals surface area contributed by atoms with E-state index in [0.29, 0.717) is 60.4 Å². The van der Waals surface area contributed by atoms with Crippen molar-refractivity contribution in [3.05, 3.63) is 77.6 Å². The van der Waals surface area contributed by atoms with Crippen LogP contribution in [-0.2, 0) is 10.0 Å². The van der Waals surface area contributed by atoms with E-state index in [1.54, 1.807) is 14.0 Å². The Kier molecular flexibility index (Phi) is 6.21. The van der Waals surface area contributed by atoms with E-state index in [0.717, 1.165) is 11.6 Å². The number of benzene rings is 3. The second-order valence-corrected chi connectivity index (χ2v) is 10.5. The summed E-state index contributed by atoms with van der Waals surface area (Å²) in [5, 5.41) is 0. The van der Waals surface area contributed by atoms with E-state index in [4.69, 9.17) is 14.5 Å². The minimum atomic E-state index is -3.82. The highest BCUT2D eigenvalue weighted by molar-refractivity contribution is 7.89. The quantitative estimate of drug-likeness (QED) is 0.526. The lowest BCUT2D eigenvalue weighted by Gasteiger charge is -2.25. The van der Waals surface area contributed by atoms with Crippen molar-refractivity contribution in [1.82, 2.24) is 9.21 Å². The van der Waals surface area contributed by atoms with Gasteiger partial charge in [-0.2, -0.15) is 4.31 Å². The number of para-hydroxylation sites is 2. The number of amidine groups is 1. The first-order valence-electron chi connectivity index (χ1n) is 11.4. The van der Waals surface area contributed by atoms with Crippen molar-refractivity contribution >= 4 is 21.5 Å². The summed E-state index contributed by atoms with van der Waals surface area (Å²) in [4.78, 5) is 6.99. The number of aryl methyl sites for hydroxylation is 1. The van der Waals surface area contributed by atoms with Gasteiger partial charge in [0.05, 0.1) is 17.6 Å². The highest BCUT2D eigenvalue weighted by atomic mass is 32.2. The molecule has 1 saturated heterocycles. The molecule has 0 amide bonds. The van der Waals surface area contributed by atoms with Crippen LogP contribution in [0.1, 0.15) is 17.5 Å². The molecule has 182 valence electrons. The van der Waals surface area contributed by atoms with Gasteiger partial charge in [-0.15, -0.1) is 0 Å². The van der Waals surface area contributed by atoms with E-state index < -0.39 is 15.8 Å². The third-order valence-electron chi connectivity index (χ3n) is 6.28. The predicted molar refractivity (Wildman–Crippen MR) is 132 cm³/mol. The van der Waals surface area contributed by atoms with Gasteiger partial charge in [0.25, 0.3) is 0 Å². The molecule has 0 aromatic heterocycles. The predicted octanol–water partition coefficient (Wildman–Crippen LogP) is 4.72. The average molecular weight is 496 g/mol. The van der Waals surface area contributed by atoms with Crippen LogP contribution in [0.25, 0.3) is 0 Å². The van der Waals surface area contributed by atoms with Gasteiger partial charge in [0.1, 0.15) is 28.8 Å².